The van der Waals surface area contributed by atoms with E-state index in [-0.39, 0.29) is 5.69 Å². The molecule has 0 aliphatic carbocycles. The number of anilines is 1. The van der Waals surface area contributed by atoms with Gasteiger partial charge in [0.2, 0.25) is 0 Å². The Labute approximate surface area is 125 Å². The van der Waals surface area contributed by atoms with Crippen LogP contribution in [0.25, 0.3) is 10.8 Å². The number of hydrogen-bond acceptors (Lipinski definition) is 5. The molecule has 0 spiro atoms. The second-order valence-corrected chi connectivity index (χ2v) is 5.52. The van der Waals surface area contributed by atoms with Crippen molar-refractivity contribution in [3.63, 3.8) is 0 Å². The monoisotopic (exact) mass is 297 g/mol. The molecule has 0 bridgehead atoms. The standard InChI is InChI=1S/C15H11N3O2S/c16-11-4-5-15(13(8-11)18(19)20)21-14-3-1-2-10-9-17-7-6-12(10)14/h1-9H,16H2. The number of pyridine rings is 1. The zero-order valence-corrected chi connectivity index (χ0v) is 11.7. The third kappa shape index (κ3) is 2.66. The molecule has 3 rings (SSSR count). The van der Waals surface area contributed by atoms with E-state index < -0.39 is 4.92 Å². The lowest BCUT2D eigenvalue weighted by atomic mass is 10.2. The number of nitro benzene ring substituents is 1. The van der Waals surface area contributed by atoms with Crippen LogP contribution in [0.15, 0.2) is 64.6 Å². The van der Waals surface area contributed by atoms with Crippen LogP contribution in [0.4, 0.5) is 11.4 Å². The van der Waals surface area contributed by atoms with Crippen LogP contribution < -0.4 is 5.73 Å². The van der Waals surface area contributed by atoms with Crippen molar-refractivity contribution in [2.24, 2.45) is 0 Å². The van der Waals surface area contributed by atoms with Gasteiger partial charge < -0.3 is 5.73 Å². The molecular formula is C15H11N3O2S. The van der Waals surface area contributed by atoms with Crippen LogP contribution in [0.2, 0.25) is 0 Å². The highest BCUT2D eigenvalue weighted by Crippen LogP contribution is 2.38. The van der Waals surface area contributed by atoms with E-state index in [0.29, 0.717) is 10.6 Å². The van der Waals surface area contributed by atoms with Crippen molar-refractivity contribution in [2.75, 3.05) is 5.73 Å². The third-order valence-electron chi connectivity index (χ3n) is 3.04. The van der Waals surface area contributed by atoms with Gasteiger partial charge in [0.1, 0.15) is 0 Å². The normalized spacial score (nSPS) is 10.7. The van der Waals surface area contributed by atoms with Crippen LogP contribution in [-0.4, -0.2) is 9.91 Å². The number of aromatic nitrogens is 1. The van der Waals surface area contributed by atoms with Crippen LogP contribution in [0, 0.1) is 10.1 Å². The third-order valence-corrected chi connectivity index (χ3v) is 4.18. The van der Waals surface area contributed by atoms with Crippen LogP contribution in [0.1, 0.15) is 0 Å². The van der Waals surface area contributed by atoms with E-state index in [2.05, 4.69) is 4.98 Å². The molecule has 3 aromatic rings. The first-order valence-electron chi connectivity index (χ1n) is 6.19. The van der Waals surface area contributed by atoms with Gasteiger partial charge in [-0.05, 0) is 29.7 Å². The first-order valence-corrected chi connectivity index (χ1v) is 7.01. The Kier molecular flexibility index (Phi) is 3.45. The summed E-state index contributed by atoms with van der Waals surface area (Å²) in [6.45, 7) is 0. The summed E-state index contributed by atoms with van der Waals surface area (Å²) in [6.07, 6.45) is 3.49. The summed E-state index contributed by atoms with van der Waals surface area (Å²) in [4.78, 5) is 16.3. The first-order chi connectivity index (χ1) is 10.1. The number of hydrogen-bond donors (Lipinski definition) is 1. The fraction of sp³-hybridized carbons (Fsp3) is 0. The summed E-state index contributed by atoms with van der Waals surface area (Å²) in [7, 11) is 0. The molecule has 21 heavy (non-hydrogen) atoms. The maximum atomic E-state index is 11.2. The van der Waals surface area contributed by atoms with Gasteiger partial charge in [-0.15, -0.1) is 0 Å². The minimum Gasteiger partial charge on any atom is -0.399 e. The highest BCUT2D eigenvalue weighted by atomic mass is 32.2. The zero-order chi connectivity index (χ0) is 14.8. The van der Waals surface area contributed by atoms with Crippen molar-refractivity contribution in [3.05, 3.63) is 65.0 Å². The Morgan fingerprint density at radius 2 is 2.00 bits per heavy atom. The summed E-state index contributed by atoms with van der Waals surface area (Å²) in [5, 5.41) is 13.2. The maximum absolute atomic E-state index is 11.2. The van der Waals surface area contributed by atoms with Crippen molar-refractivity contribution in [2.45, 2.75) is 9.79 Å². The molecule has 0 radical (unpaired) electrons. The molecule has 0 aliphatic heterocycles. The van der Waals surface area contributed by atoms with Gasteiger partial charge in [0.15, 0.2) is 0 Å². The topological polar surface area (TPSA) is 82.0 Å². The minimum absolute atomic E-state index is 0.0195. The summed E-state index contributed by atoms with van der Waals surface area (Å²) < 4.78 is 0. The lowest BCUT2D eigenvalue weighted by Crippen LogP contribution is -1.93. The van der Waals surface area contributed by atoms with Gasteiger partial charge in [-0.2, -0.15) is 0 Å². The van der Waals surface area contributed by atoms with Crippen LogP contribution in [-0.2, 0) is 0 Å². The second-order valence-electron chi connectivity index (χ2n) is 4.44. The lowest BCUT2D eigenvalue weighted by molar-refractivity contribution is -0.387. The van der Waals surface area contributed by atoms with E-state index in [1.807, 2.05) is 24.3 Å². The van der Waals surface area contributed by atoms with E-state index in [9.17, 15) is 10.1 Å². The molecule has 2 aromatic carbocycles. The van der Waals surface area contributed by atoms with Gasteiger partial charge in [-0.25, -0.2) is 0 Å². The average molecular weight is 297 g/mol. The van der Waals surface area contributed by atoms with Gasteiger partial charge in [0, 0.05) is 34.4 Å². The SMILES string of the molecule is Nc1ccc(Sc2cccc3cnccc23)c([N+](=O)[O-])c1. The predicted molar refractivity (Wildman–Crippen MR) is 83.4 cm³/mol. The summed E-state index contributed by atoms with van der Waals surface area (Å²) >= 11 is 1.36. The molecule has 6 heteroatoms. The van der Waals surface area contributed by atoms with E-state index in [4.69, 9.17) is 5.73 Å². The zero-order valence-electron chi connectivity index (χ0n) is 10.9. The Morgan fingerprint density at radius 3 is 2.81 bits per heavy atom. The quantitative estimate of drug-likeness (QED) is 0.450. The Hall–Kier alpha value is -2.60. The number of nitrogens with two attached hydrogens (primary N) is 1. The molecule has 0 saturated carbocycles. The van der Waals surface area contributed by atoms with E-state index in [1.165, 1.54) is 17.8 Å². The molecular weight excluding hydrogens is 286 g/mol. The van der Waals surface area contributed by atoms with E-state index in [1.54, 1.807) is 24.5 Å². The van der Waals surface area contributed by atoms with Crippen molar-refractivity contribution in [1.82, 2.24) is 4.98 Å². The lowest BCUT2D eigenvalue weighted by Gasteiger charge is -2.07. The molecule has 0 aliphatic rings. The van der Waals surface area contributed by atoms with Gasteiger partial charge in [-0.3, -0.25) is 15.1 Å². The van der Waals surface area contributed by atoms with Gasteiger partial charge in [0.05, 0.1) is 9.82 Å². The van der Waals surface area contributed by atoms with Crippen LogP contribution >= 0.6 is 11.8 Å². The first kappa shape index (κ1) is 13.4. The van der Waals surface area contributed by atoms with Crippen LogP contribution in [0.3, 0.4) is 0 Å². The molecule has 1 aromatic heterocycles. The number of fused-ring (bicyclic) bond motifs is 1. The maximum Gasteiger partial charge on any atom is 0.285 e. The molecule has 104 valence electrons. The van der Waals surface area contributed by atoms with E-state index >= 15 is 0 Å². The fourth-order valence-corrected chi connectivity index (χ4v) is 3.12. The number of nitro groups is 1. The summed E-state index contributed by atoms with van der Waals surface area (Å²) in [5.41, 5.74) is 6.03. The predicted octanol–water partition coefficient (Wildman–Crippen LogP) is 3.88. The second kappa shape index (κ2) is 5.41. The van der Waals surface area contributed by atoms with Crippen LogP contribution in [0.5, 0.6) is 0 Å². The number of benzene rings is 2. The Balaban J connectivity index is 2.09. The minimum atomic E-state index is -0.411. The van der Waals surface area contributed by atoms with Crippen molar-refractivity contribution in [3.8, 4) is 0 Å². The van der Waals surface area contributed by atoms with E-state index in [0.717, 1.165) is 15.7 Å². The largest absolute Gasteiger partial charge is 0.399 e. The molecule has 0 fully saturated rings. The van der Waals surface area contributed by atoms with Crippen molar-refractivity contribution < 1.29 is 4.92 Å². The number of nitrogens with zero attached hydrogens (tertiary/aromatic N) is 2. The molecule has 1 heterocycles. The molecule has 0 unspecified atom stereocenters. The number of rotatable bonds is 3. The number of nitrogen functional groups attached to an aromatic ring is 1. The van der Waals surface area contributed by atoms with Crippen molar-refractivity contribution >= 4 is 33.9 Å². The Morgan fingerprint density at radius 1 is 1.14 bits per heavy atom. The fourth-order valence-electron chi connectivity index (χ4n) is 2.06. The van der Waals surface area contributed by atoms with Gasteiger partial charge in [-0.1, -0.05) is 23.9 Å². The van der Waals surface area contributed by atoms with Gasteiger partial charge in [0.25, 0.3) is 5.69 Å². The van der Waals surface area contributed by atoms with Crippen molar-refractivity contribution in [1.29, 1.82) is 0 Å². The highest BCUT2D eigenvalue weighted by Gasteiger charge is 2.16. The molecule has 5 nitrogen and oxygen atoms in total. The summed E-state index contributed by atoms with van der Waals surface area (Å²) in [5.74, 6) is 0. The highest BCUT2D eigenvalue weighted by molar-refractivity contribution is 7.99. The summed E-state index contributed by atoms with van der Waals surface area (Å²) in [6, 6.07) is 12.4. The van der Waals surface area contributed by atoms with Gasteiger partial charge >= 0.3 is 0 Å². The average Bonchev–Trinajstić information content (AvgIpc) is 2.49. The molecule has 2 N–H and O–H groups in total. The molecule has 0 atom stereocenters. The molecule has 0 amide bonds. The molecule has 0 saturated heterocycles. The smallest absolute Gasteiger partial charge is 0.285 e. The Bertz CT molecular complexity index is 831.